The lowest BCUT2D eigenvalue weighted by atomic mass is 9.96. The van der Waals surface area contributed by atoms with Crippen molar-refractivity contribution >= 4 is 28.5 Å². The number of carbonyl (C=O) groups excluding carboxylic acids is 1. The monoisotopic (exact) mass is 559 g/mol. The minimum absolute atomic E-state index is 0.0670. The fourth-order valence-electron chi connectivity index (χ4n) is 5.45. The van der Waals surface area contributed by atoms with Crippen LogP contribution >= 0.6 is 11.6 Å². The van der Waals surface area contributed by atoms with E-state index in [4.69, 9.17) is 25.5 Å². The van der Waals surface area contributed by atoms with E-state index in [1.807, 2.05) is 63.2 Å². The van der Waals surface area contributed by atoms with Gasteiger partial charge < -0.3 is 18.8 Å². The van der Waals surface area contributed by atoms with Crippen molar-refractivity contribution in [3.63, 3.8) is 0 Å². The van der Waals surface area contributed by atoms with Crippen molar-refractivity contribution < 1.29 is 18.7 Å². The van der Waals surface area contributed by atoms with Crippen LogP contribution in [0, 0.1) is 13.8 Å². The lowest BCUT2D eigenvalue weighted by Crippen LogP contribution is -2.29. The van der Waals surface area contributed by atoms with Crippen molar-refractivity contribution in [2.75, 3.05) is 13.2 Å². The highest BCUT2D eigenvalue weighted by atomic mass is 35.5. The van der Waals surface area contributed by atoms with E-state index in [0.29, 0.717) is 46.3 Å². The predicted octanol–water partition coefficient (Wildman–Crippen LogP) is 7.78. The van der Waals surface area contributed by atoms with Gasteiger partial charge in [-0.15, -0.1) is 0 Å². The first kappa shape index (κ1) is 27.8. The number of ether oxygens (including phenoxy) is 2. The Morgan fingerprint density at radius 2 is 1.75 bits per heavy atom. The van der Waals surface area contributed by atoms with E-state index < -0.39 is 6.04 Å². The molecule has 7 heteroatoms. The van der Waals surface area contributed by atoms with Gasteiger partial charge in [-0.25, -0.2) is 0 Å². The molecule has 2 heterocycles. The lowest BCUT2D eigenvalue weighted by Gasteiger charge is -2.26. The van der Waals surface area contributed by atoms with Gasteiger partial charge in [-0.05, 0) is 73.7 Å². The fourth-order valence-corrected chi connectivity index (χ4v) is 5.65. The lowest BCUT2D eigenvalue weighted by molar-refractivity contribution is 0.0714. The van der Waals surface area contributed by atoms with Crippen LogP contribution in [-0.2, 0) is 6.54 Å². The van der Waals surface area contributed by atoms with E-state index in [0.717, 1.165) is 41.5 Å². The maximum atomic E-state index is 14.1. The third-order valence-corrected chi connectivity index (χ3v) is 7.67. The number of amides is 1. The zero-order valence-electron chi connectivity index (χ0n) is 23.4. The first-order valence-electron chi connectivity index (χ1n) is 13.9. The van der Waals surface area contributed by atoms with Crippen LogP contribution in [0.5, 0.6) is 11.5 Å². The highest BCUT2D eigenvalue weighted by Gasteiger charge is 2.43. The van der Waals surface area contributed by atoms with Crippen molar-refractivity contribution in [1.82, 2.24) is 4.90 Å². The van der Waals surface area contributed by atoms with Gasteiger partial charge in [-0.3, -0.25) is 9.59 Å². The van der Waals surface area contributed by atoms with Gasteiger partial charge in [0.15, 0.2) is 16.9 Å². The number of halogens is 1. The molecule has 0 spiro atoms. The molecule has 1 aliphatic heterocycles. The Kier molecular flexibility index (Phi) is 8.17. The smallest absolute Gasteiger partial charge is 0.291 e. The SMILES string of the molecule is CCCCCOc1ccc(C2c3c(oc4cc(C)cc(C)c4c3=O)C(=O)N2Cc2ccccc2Cl)cc1OCC. The Morgan fingerprint density at radius 3 is 2.50 bits per heavy atom. The summed E-state index contributed by atoms with van der Waals surface area (Å²) in [4.78, 5) is 29.7. The van der Waals surface area contributed by atoms with Gasteiger partial charge in [0.05, 0.1) is 30.2 Å². The van der Waals surface area contributed by atoms with Crippen LogP contribution in [0.15, 0.2) is 63.8 Å². The van der Waals surface area contributed by atoms with Crippen molar-refractivity contribution in [3.05, 3.63) is 103 Å². The molecule has 4 aromatic rings. The number of carbonyl (C=O) groups is 1. The number of hydrogen-bond acceptors (Lipinski definition) is 5. The van der Waals surface area contributed by atoms with Crippen LogP contribution in [0.25, 0.3) is 11.0 Å². The molecule has 3 aromatic carbocycles. The number of aryl methyl sites for hydroxylation is 2. The zero-order valence-corrected chi connectivity index (χ0v) is 24.1. The van der Waals surface area contributed by atoms with E-state index in [2.05, 4.69) is 6.92 Å². The largest absolute Gasteiger partial charge is 0.490 e. The highest BCUT2D eigenvalue weighted by Crippen LogP contribution is 2.42. The molecule has 0 aliphatic carbocycles. The number of fused-ring (bicyclic) bond motifs is 2. The van der Waals surface area contributed by atoms with Gasteiger partial charge in [0.25, 0.3) is 5.91 Å². The number of rotatable bonds is 10. The Balaban J connectivity index is 1.67. The van der Waals surface area contributed by atoms with Gasteiger partial charge in [0.1, 0.15) is 5.58 Å². The molecule has 0 saturated heterocycles. The standard InChI is InChI=1S/C33H34ClNO5/c1-5-7-10-15-39-25-14-13-22(18-26(25)38-6-2)30-29-31(36)28-21(4)16-20(3)17-27(28)40-32(29)33(37)35(30)19-23-11-8-9-12-24(23)34/h8-9,11-14,16-18,30H,5-7,10,15,19H2,1-4H3. The molecule has 1 atom stereocenters. The van der Waals surface area contributed by atoms with Gasteiger partial charge >= 0.3 is 0 Å². The Hall–Kier alpha value is -3.77. The second-order valence-electron chi connectivity index (χ2n) is 10.3. The summed E-state index contributed by atoms with van der Waals surface area (Å²) in [7, 11) is 0. The second-order valence-corrected chi connectivity index (χ2v) is 10.7. The molecule has 1 aromatic heterocycles. The third-order valence-electron chi connectivity index (χ3n) is 7.30. The highest BCUT2D eigenvalue weighted by molar-refractivity contribution is 6.31. The van der Waals surface area contributed by atoms with Crippen LogP contribution in [0.2, 0.25) is 5.02 Å². The van der Waals surface area contributed by atoms with Crippen LogP contribution < -0.4 is 14.9 Å². The zero-order chi connectivity index (χ0) is 28.4. The molecule has 1 aliphatic rings. The molecule has 6 nitrogen and oxygen atoms in total. The average Bonchev–Trinajstić information content (AvgIpc) is 3.19. The third kappa shape index (κ3) is 5.20. The molecule has 0 radical (unpaired) electrons. The van der Waals surface area contributed by atoms with Crippen molar-refractivity contribution in [2.24, 2.45) is 0 Å². The summed E-state index contributed by atoms with van der Waals surface area (Å²) in [5.41, 5.74) is 3.83. The molecule has 1 unspecified atom stereocenters. The number of nitrogens with zero attached hydrogens (tertiary/aromatic N) is 1. The summed E-state index contributed by atoms with van der Waals surface area (Å²) in [5, 5.41) is 1.04. The molecular weight excluding hydrogens is 526 g/mol. The molecular formula is C33H34ClNO5. The predicted molar refractivity (Wildman–Crippen MR) is 158 cm³/mol. The number of unbranched alkanes of at least 4 members (excludes halogenated alkanes) is 2. The van der Waals surface area contributed by atoms with E-state index >= 15 is 0 Å². The maximum absolute atomic E-state index is 14.1. The van der Waals surface area contributed by atoms with Crippen LogP contribution in [0.3, 0.4) is 0 Å². The molecule has 0 bridgehead atoms. The Bertz CT molecular complexity index is 1630. The van der Waals surface area contributed by atoms with E-state index in [-0.39, 0.29) is 23.6 Å². The Labute approximate surface area is 239 Å². The van der Waals surface area contributed by atoms with Gasteiger partial charge in [-0.1, -0.05) is 61.7 Å². The average molecular weight is 560 g/mol. The maximum Gasteiger partial charge on any atom is 0.291 e. The Morgan fingerprint density at radius 1 is 0.950 bits per heavy atom. The molecule has 40 heavy (non-hydrogen) atoms. The van der Waals surface area contributed by atoms with Gasteiger partial charge in [0, 0.05) is 11.6 Å². The van der Waals surface area contributed by atoms with Crippen molar-refractivity contribution in [3.8, 4) is 11.5 Å². The minimum Gasteiger partial charge on any atom is -0.490 e. The summed E-state index contributed by atoms with van der Waals surface area (Å²) < 4.78 is 18.2. The molecule has 1 amide bonds. The first-order valence-corrected chi connectivity index (χ1v) is 14.2. The second kappa shape index (κ2) is 11.8. The van der Waals surface area contributed by atoms with Crippen molar-refractivity contribution in [2.45, 2.75) is 59.5 Å². The van der Waals surface area contributed by atoms with Crippen LogP contribution in [-0.4, -0.2) is 24.0 Å². The topological polar surface area (TPSA) is 69.0 Å². The normalized spacial score (nSPS) is 14.6. The number of hydrogen-bond donors (Lipinski definition) is 0. The van der Waals surface area contributed by atoms with Crippen LogP contribution in [0.1, 0.15) is 77.5 Å². The summed E-state index contributed by atoms with van der Waals surface area (Å²) in [6.45, 7) is 9.14. The molecule has 208 valence electrons. The van der Waals surface area contributed by atoms with E-state index in [1.165, 1.54) is 0 Å². The van der Waals surface area contributed by atoms with Gasteiger partial charge in [0.2, 0.25) is 5.76 Å². The minimum atomic E-state index is -0.687. The summed E-state index contributed by atoms with van der Waals surface area (Å²) >= 11 is 6.51. The quantitative estimate of drug-likeness (QED) is 0.186. The van der Waals surface area contributed by atoms with E-state index in [9.17, 15) is 9.59 Å². The fraction of sp³-hybridized carbons (Fsp3) is 0.333. The molecule has 0 N–H and O–H groups in total. The first-order chi connectivity index (χ1) is 19.3. The molecule has 5 rings (SSSR count). The van der Waals surface area contributed by atoms with Crippen LogP contribution in [0.4, 0.5) is 0 Å². The van der Waals surface area contributed by atoms with Gasteiger partial charge in [-0.2, -0.15) is 0 Å². The van der Waals surface area contributed by atoms with Crippen molar-refractivity contribution in [1.29, 1.82) is 0 Å². The molecule has 0 saturated carbocycles. The molecule has 0 fully saturated rings. The summed E-state index contributed by atoms with van der Waals surface area (Å²) in [6, 6.07) is 16.1. The summed E-state index contributed by atoms with van der Waals surface area (Å²) in [5.74, 6) is 0.932. The van der Waals surface area contributed by atoms with E-state index in [1.54, 1.807) is 17.0 Å². The number of benzene rings is 3. The summed E-state index contributed by atoms with van der Waals surface area (Å²) in [6.07, 6.45) is 3.14.